The Kier molecular flexibility index (Phi) is 5.05. The first-order valence-electron chi connectivity index (χ1n) is 9.56. The fourth-order valence-corrected chi connectivity index (χ4v) is 3.96. The van der Waals surface area contributed by atoms with Gasteiger partial charge in [0.15, 0.2) is 0 Å². The summed E-state index contributed by atoms with van der Waals surface area (Å²) in [6, 6.07) is 6.30. The molecule has 0 bridgehead atoms. The number of nitrogens with zero attached hydrogens (tertiary/aromatic N) is 7. The van der Waals surface area contributed by atoms with Crippen LogP contribution in [-0.4, -0.2) is 62.3 Å². The van der Waals surface area contributed by atoms with Gasteiger partial charge in [-0.1, -0.05) is 5.21 Å². The van der Waals surface area contributed by atoms with Crippen molar-refractivity contribution in [2.24, 2.45) is 0 Å². The second-order valence-electron chi connectivity index (χ2n) is 7.52. The van der Waals surface area contributed by atoms with E-state index in [-0.39, 0.29) is 6.10 Å². The van der Waals surface area contributed by atoms with E-state index in [0.717, 1.165) is 69.2 Å². The molecule has 8 heteroatoms. The summed E-state index contributed by atoms with van der Waals surface area (Å²) in [6.45, 7) is 6.03. The summed E-state index contributed by atoms with van der Waals surface area (Å²) in [7, 11) is 0. The normalized spacial score (nSPS) is 21.5. The molecule has 0 aromatic carbocycles. The minimum atomic E-state index is -0.210. The first kappa shape index (κ1) is 17.9. The minimum Gasteiger partial charge on any atom is -0.392 e. The predicted molar refractivity (Wildman–Crippen MR) is 100 cm³/mol. The number of anilines is 1. The third kappa shape index (κ3) is 3.94. The van der Waals surface area contributed by atoms with Crippen molar-refractivity contribution < 1.29 is 5.11 Å². The van der Waals surface area contributed by atoms with Gasteiger partial charge in [0.2, 0.25) is 0 Å². The van der Waals surface area contributed by atoms with Gasteiger partial charge in [-0.25, -0.2) is 9.67 Å². The maximum absolute atomic E-state index is 9.65. The van der Waals surface area contributed by atoms with E-state index >= 15 is 0 Å². The summed E-state index contributed by atoms with van der Waals surface area (Å²) >= 11 is 0. The molecule has 2 fully saturated rings. The Labute approximate surface area is 159 Å². The van der Waals surface area contributed by atoms with Crippen molar-refractivity contribution in [1.82, 2.24) is 24.9 Å². The standard InChI is InChI=1S/C19H25N7O/c1-14-2-3-15(10-20)19(21-14)25-8-4-17(5-9-25)26-12-16(22-23-26)11-24-7-6-18(27)13-24/h2-3,12,17-18,27H,4-9,11,13H2,1H3/t18-/m1/s1. The average Bonchev–Trinajstić information content (AvgIpc) is 3.31. The lowest BCUT2D eigenvalue weighted by molar-refractivity contribution is 0.174. The van der Waals surface area contributed by atoms with Crippen LogP contribution in [0.15, 0.2) is 18.3 Å². The van der Waals surface area contributed by atoms with Gasteiger partial charge in [-0.05, 0) is 38.3 Å². The number of likely N-dealkylation sites (tertiary alicyclic amines) is 1. The number of piperidine rings is 1. The SMILES string of the molecule is Cc1ccc(C#N)c(N2CCC(n3cc(CN4CC[C@@H](O)C4)nn3)CC2)n1. The van der Waals surface area contributed by atoms with Crippen LogP contribution in [0.1, 0.15) is 42.3 Å². The van der Waals surface area contributed by atoms with E-state index in [9.17, 15) is 10.4 Å². The molecule has 1 atom stereocenters. The Bertz CT molecular complexity index is 835. The summed E-state index contributed by atoms with van der Waals surface area (Å²) < 4.78 is 1.98. The maximum atomic E-state index is 9.65. The van der Waals surface area contributed by atoms with Gasteiger partial charge < -0.3 is 10.0 Å². The summed E-state index contributed by atoms with van der Waals surface area (Å²) in [6.07, 6.45) is 4.57. The van der Waals surface area contributed by atoms with Crippen LogP contribution >= 0.6 is 0 Å². The van der Waals surface area contributed by atoms with Crippen molar-refractivity contribution in [3.8, 4) is 6.07 Å². The molecule has 0 amide bonds. The van der Waals surface area contributed by atoms with Gasteiger partial charge >= 0.3 is 0 Å². The number of pyridine rings is 1. The molecule has 0 saturated carbocycles. The molecule has 8 nitrogen and oxygen atoms in total. The second-order valence-corrected chi connectivity index (χ2v) is 7.52. The quantitative estimate of drug-likeness (QED) is 0.869. The fraction of sp³-hybridized carbons (Fsp3) is 0.579. The van der Waals surface area contributed by atoms with Crippen molar-refractivity contribution in [3.05, 3.63) is 35.3 Å². The highest BCUT2D eigenvalue weighted by Crippen LogP contribution is 2.27. The third-order valence-corrected chi connectivity index (χ3v) is 5.46. The Morgan fingerprint density at radius 1 is 1.22 bits per heavy atom. The Balaban J connectivity index is 1.37. The molecule has 0 spiro atoms. The minimum absolute atomic E-state index is 0.210. The number of nitriles is 1. The van der Waals surface area contributed by atoms with E-state index in [4.69, 9.17) is 0 Å². The molecule has 2 aromatic rings. The summed E-state index contributed by atoms with van der Waals surface area (Å²) in [5.74, 6) is 0.794. The Morgan fingerprint density at radius 3 is 2.74 bits per heavy atom. The number of aryl methyl sites for hydroxylation is 1. The number of aliphatic hydroxyl groups excluding tert-OH is 1. The molecule has 4 rings (SSSR count). The van der Waals surface area contributed by atoms with Crippen LogP contribution in [0.5, 0.6) is 0 Å². The van der Waals surface area contributed by atoms with E-state index in [1.54, 1.807) is 0 Å². The second kappa shape index (κ2) is 7.62. The third-order valence-electron chi connectivity index (χ3n) is 5.46. The summed E-state index contributed by atoms with van der Waals surface area (Å²) in [5, 5.41) is 27.6. The Hall–Kier alpha value is -2.50. The molecule has 0 radical (unpaired) electrons. The molecule has 0 unspecified atom stereocenters. The van der Waals surface area contributed by atoms with Gasteiger partial charge in [-0.15, -0.1) is 5.10 Å². The lowest BCUT2D eigenvalue weighted by atomic mass is 10.0. The molecule has 1 N–H and O–H groups in total. The van der Waals surface area contributed by atoms with Crippen molar-refractivity contribution in [3.63, 3.8) is 0 Å². The first-order valence-corrected chi connectivity index (χ1v) is 9.56. The molecular weight excluding hydrogens is 342 g/mol. The van der Waals surface area contributed by atoms with Gasteiger partial charge in [-0.2, -0.15) is 5.26 Å². The lowest BCUT2D eigenvalue weighted by Gasteiger charge is -2.33. The topological polar surface area (TPSA) is 94.1 Å². The van der Waals surface area contributed by atoms with Crippen molar-refractivity contribution in [2.45, 2.75) is 44.9 Å². The van der Waals surface area contributed by atoms with Crippen LogP contribution in [0.25, 0.3) is 0 Å². The van der Waals surface area contributed by atoms with Gasteiger partial charge in [0, 0.05) is 38.4 Å². The summed E-state index contributed by atoms with van der Waals surface area (Å²) in [4.78, 5) is 8.99. The van der Waals surface area contributed by atoms with Gasteiger partial charge in [0.05, 0.1) is 29.6 Å². The molecule has 2 aromatic heterocycles. The zero-order chi connectivity index (χ0) is 18.8. The average molecular weight is 367 g/mol. The lowest BCUT2D eigenvalue weighted by Crippen LogP contribution is -2.36. The van der Waals surface area contributed by atoms with Gasteiger partial charge in [-0.3, -0.25) is 4.90 Å². The molecule has 4 heterocycles. The highest BCUT2D eigenvalue weighted by atomic mass is 16.3. The number of aliphatic hydroxyl groups is 1. The monoisotopic (exact) mass is 367 g/mol. The van der Waals surface area contributed by atoms with Crippen LogP contribution in [0, 0.1) is 18.3 Å². The number of β-amino-alcohol motifs (C(OH)–C–C–N with tert-alkyl or cyclic N) is 1. The van der Waals surface area contributed by atoms with E-state index in [1.165, 1.54) is 0 Å². The largest absolute Gasteiger partial charge is 0.392 e. The zero-order valence-electron chi connectivity index (χ0n) is 15.6. The van der Waals surface area contributed by atoms with Crippen molar-refractivity contribution >= 4 is 5.82 Å². The predicted octanol–water partition coefficient (Wildman–Crippen LogP) is 1.26. The summed E-state index contributed by atoms with van der Waals surface area (Å²) in [5.41, 5.74) is 2.52. The van der Waals surface area contributed by atoms with Crippen LogP contribution in [0.4, 0.5) is 5.82 Å². The van der Waals surface area contributed by atoms with E-state index in [1.807, 2.05) is 29.9 Å². The Morgan fingerprint density at radius 2 is 2.04 bits per heavy atom. The molecule has 2 saturated heterocycles. The molecular formula is C19H25N7O. The number of aromatic nitrogens is 4. The van der Waals surface area contributed by atoms with Crippen LogP contribution < -0.4 is 4.90 Å². The van der Waals surface area contributed by atoms with E-state index < -0.39 is 0 Å². The van der Waals surface area contributed by atoms with Crippen molar-refractivity contribution in [2.75, 3.05) is 31.1 Å². The fourth-order valence-electron chi connectivity index (χ4n) is 3.96. The molecule has 2 aliphatic heterocycles. The maximum Gasteiger partial charge on any atom is 0.146 e. The highest BCUT2D eigenvalue weighted by molar-refractivity contribution is 5.54. The van der Waals surface area contributed by atoms with E-state index in [2.05, 4.69) is 31.2 Å². The zero-order valence-corrected chi connectivity index (χ0v) is 15.6. The van der Waals surface area contributed by atoms with E-state index in [0.29, 0.717) is 11.6 Å². The van der Waals surface area contributed by atoms with Crippen LogP contribution in [0.2, 0.25) is 0 Å². The van der Waals surface area contributed by atoms with Gasteiger partial charge in [0.1, 0.15) is 11.9 Å². The number of hydrogen-bond acceptors (Lipinski definition) is 7. The highest BCUT2D eigenvalue weighted by Gasteiger charge is 2.25. The number of hydrogen-bond donors (Lipinski definition) is 1. The smallest absolute Gasteiger partial charge is 0.146 e. The molecule has 0 aliphatic carbocycles. The van der Waals surface area contributed by atoms with Crippen LogP contribution in [0.3, 0.4) is 0 Å². The first-order chi connectivity index (χ1) is 13.1. The number of rotatable bonds is 4. The molecule has 142 valence electrons. The van der Waals surface area contributed by atoms with Crippen LogP contribution in [-0.2, 0) is 6.54 Å². The molecule has 2 aliphatic rings. The molecule has 27 heavy (non-hydrogen) atoms. The van der Waals surface area contributed by atoms with Crippen molar-refractivity contribution in [1.29, 1.82) is 5.26 Å². The van der Waals surface area contributed by atoms with Gasteiger partial charge in [0.25, 0.3) is 0 Å².